The van der Waals surface area contributed by atoms with Gasteiger partial charge in [0.1, 0.15) is 0 Å². The average molecular weight is 231 g/mol. The highest BCUT2D eigenvalue weighted by atomic mass is 35.5. The third-order valence-corrected chi connectivity index (χ3v) is 2.46. The van der Waals surface area contributed by atoms with Crippen LogP contribution >= 0.6 is 11.6 Å². The summed E-state index contributed by atoms with van der Waals surface area (Å²) in [5.74, 6) is -0.617. The van der Waals surface area contributed by atoms with E-state index in [1.807, 2.05) is 20.8 Å². The van der Waals surface area contributed by atoms with E-state index in [2.05, 4.69) is 5.10 Å². The van der Waals surface area contributed by atoms with Gasteiger partial charge in [0.15, 0.2) is 5.69 Å². The predicted molar refractivity (Wildman–Crippen MR) is 58.4 cm³/mol. The van der Waals surface area contributed by atoms with E-state index >= 15 is 0 Å². The fourth-order valence-electron chi connectivity index (χ4n) is 1.44. The second kappa shape index (κ2) is 4.66. The summed E-state index contributed by atoms with van der Waals surface area (Å²) in [5.41, 5.74) is 0.765. The lowest BCUT2D eigenvalue weighted by Gasteiger charge is -2.00. The monoisotopic (exact) mass is 230 g/mol. The van der Waals surface area contributed by atoms with Crippen molar-refractivity contribution < 1.29 is 9.90 Å². The number of carbonyl (C=O) groups is 1. The van der Waals surface area contributed by atoms with Crippen molar-refractivity contribution >= 4 is 17.6 Å². The van der Waals surface area contributed by atoms with Crippen LogP contribution in [-0.2, 0) is 13.0 Å². The van der Waals surface area contributed by atoms with Crippen LogP contribution in [0.15, 0.2) is 0 Å². The van der Waals surface area contributed by atoms with Crippen LogP contribution in [-0.4, -0.2) is 20.9 Å². The highest BCUT2D eigenvalue weighted by Gasteiger charge is 2.21. The summed E-state index contributed by atoms with van der Waals surface area (Å²) in [6.07, 6.45) is 0.701. The second-order valence-electron chi connectivity index (χ2n) is 3.83. The standard InChI is InChI=1S/C10H15ClN2O2/c1-4-13-9(10(14)15)8(11)7(12-13)5-6(2)3/h6H,4-5H2,1-3H3,(H,14,15). The number of carboxylic acid groups (broad SMARTS) is 1. The third kappa shape index (κ3) is 2.50. The molecule has 5 heteroatoms. The van der Waals surface area contributed by atoms with E-state index in [-0.39, 0.29) is 10.7 Å². The van der Waals surface area contributed by atoms with E-state index in [0.29, 0.717) is 24.6 Å². The largest absolute Gasteiger partial charge is 0.476 e. The van der Waals surface area contributed by atoms with Crippen LogP contribution in [0.1, 0.15) is 37.0 Å². The first-order valence-corrected chi connectivity index (χ1v) is 5.33. The highest BCUT2D eigenvalue weighted by molar-refractivity contribution is 6.33. The zero-order valence-electron chi connectivity index (χ0n) is 9.12. The summed E-state index contributed by atoms with van der Waals surface area (Å²) in [4.78, 5) is 11.0. The van der Waals surface area contributed by atoms with Crippen LogP contribution in [0.25, 0.3) is 0 Å². The molecule has 0 aliphatic rings. The van der Waals surface area contributed by atoms with Crippen molar-refractivity contribution in [1.29, 1.82) is 0 Å². The summed E-state index contributed by atoms with van der Waals surface area (Å²) >= 11 is 5.98. The van der Waals surface area contributed by atoms with Gasteiger partial charge in [0.05, 0.1) is 10.7 Å². The van der Waals surface area contributed by atoms with Gasteiger partial charge in [0.2, 0.25) is 0 Å². The van der Waals surface area contributed by atoms with Crippen molar-refractivity contribution in [3.05, 3.63) is 16.4 Å². The molecule has 0 atom stereocenters. The molecule has 0 saturated carbocycles. The number of aromatic nitrogens is 2. The molecule has 1 aromatic rings. The van der Waals surface area contributed by atoms with Crippen LogP contribution in [0.3, 0.4) is 0 Å². The van der Waals surface area contributed by atoms with Gasteiger partial charge < -0.3 is 5.11 Å². The van der Waals surface area contributed by atoms with Crippen molar-refractivity contribution in [3.63, 3.8) is 0 Å². The molecule has 0 unspecified atom stereocenters. The van der Waals surface area contributed by atoms with E-state index in [1.165, 1.54) is 4.68 Å². The molecule has 1 aromatic heterocycles. The van der Waals surface area contributed by atoms with Crippen LogP contribution in [0.5, 0.6) is 0 Å². The third-order valence-electron chi connectivity index (χ3n) is 2.06. The molecule has 0 saturated heterocycles. The van der Waals surface area contributed by atoms with Gasteiger partial charge >= 0.3 is 5.97 Å². The molecule has 84 valence electrons. The van der Waals surface area contributed by atoms with Crippen LogP contribution in [0.4, 0.5) is 0 Å². The second-order valence-corrected chi connectivity index (χ2v) is 4.21. The molecule has 1 heterocycles. The van der Waals surface area contributed by atoms with Crippen molar-refractivity contribution in [2.24, 2.45) is 5.92 Å². The maximum Gasteiger partial charge on any atom is 0.355 e. The first kappa shape index (κ1) is 12.0. The number of hydrogen-bond acceptors (Lipinski definition) is 2. The number of nitrogens with zero attached hydrogens (tertiary/aromatic N) is 2. The van der Waals surface area contributed by atoms with Gasteiger partial charge in [-0.1, -0.05) is 25.4 Å². The fourth-order valence-corrected chi connectivity index (χ4v) is 1.73. The Hall–Kier alpha value is -1.03. The van der Waals surface area contributed by atoms with Crippen LogP contribution in [0, 0.1) is 5.92 Å². The lowest BCUT2D eigenvalue weighted by molar-refractivity contribution is 0.0683. The number of carboxylic acids is 1. The van der Waals surface area contributed by atoms with Crippen LogP contribution in [0.2, 0.25) is 5.02 Å². The fraction of sp³-hybridized carbons (Fsp3) is 0.600. The summed E-state index contributed by atoms with van der Waals surface area (Å²) < 4.78 is 1.43. The molecular formula is C10H15ClN2O2. The Balaban J connectivity index is 3.16. The molecule has 0 aliphatic heterocycles. The SMILES string of the molecule is CCn1nc(CC(C)C)c(Cl)c1C(=O)O. The van der Waals surface area contributed by atoms with Gasteiger partial charge in [0.25, 0.3) is 0 Å². The lowest BCUT2D eigenvalue weighted by Crippen LogP contribution is -2.08. The Morgan fingerprint density at radius 1 is 1.60 bits per heavy atom. The minimum atomic E-state index is -1.02. The summed E-state index contributed by atoms with van der Waals surface area (Å²) in [5, 5.41) is 13.4. The molecule has 0 fully saturated rings. The highest BCUT2D eigenvalue weighted by Crippen LogP contribution is 2.23. The van der Waals surface area contributed by atoms with Gasteiger partial charge in [-0.05, 0) is 19.3 Å². The van der Waals surface area contributed by atoms with E-state index < -0.39 is 5.97 Å². The molecule has 0 aliphatic carbocycles. The Morgan fingerprint density at radius 2 is 2.20 bits per heavy atom. The minimum Gasteiger partial charge on any atom is -0.476 e. The van der Waals surface area contributed by atoms with Crippen molar-refractivity contribution in [2.75, 3.05) is 0 Å². The number of hydrogen-bond donors (Lipinski definition) is 1. The summed E-state index contributed by atoms with van der Waals surface area (Å²) in [6, 6.07) is 0. The van der Waals surface area contributed by atoms with Gasteiger partial charge in [-0.25, -0.2) is 4.79 Å². The van der Waals surface area contributed by atoms with Crippen LogP contribution < -0.4 is 0 Å². The molecular weight excluding hydrogens is 216 g/mol. The van der Waals surface area contributed by atoms with Gasteiger partial charge in [-0.2, -0.15) is 5.10 Å². The minimum absolute atomic E-state index is 0.0924. The zero-order chi connectivity index (χ0) is 11.6. The van der Waals surface area contributed by atoms with Crippen molar-refractivity contribution in [1.82, 2.24) is 9.78 Å². The Bertz CT molecular complexity index is 372. The zero-order valence-corrected chi connectivity index (χ0v) is 9.88. The Morgan fingerprint density at radius 3 is 2.53 bits per heavy atom. The number of aryl methyl sites for hydroxylation is 1. The van der Waals surface area contributed by atoms with Gasteiger partial charge in [0, 0.05) is 6.54 Å². The number of aromatic carboxylic acids is 1. The molecule has 1 N–H and O–H groups in total. The first-order chi connectivity index (χ1) is 6.97. The molecule has 0 aromatic carbocycles. The first-order valence-electron chi connectivity index (χ1n) is 4.95. The Labute approximate surface area is 93.9 Å². The number of halogens is 1. The average Bonchev–Trinajstić information content (AvgIpc) is 2.42. The van der Waals surface area contributed by atoms with Crippen molar-refractivity contribution in [2.45, 2.75) is 33.7 Å². The molecule has 1 rings (SSSR count). The molecule has 0 spiro atoms. The summed E-state index contributed by atoms with van der Waals surface area (Å²) in [7, 11) is 0. The van der Waals surface area contributed by atoms with E-state index in [4.69, 9.17) is 16.7 Å². The lowest BCUT2D eigenvalue weighted by atomic mass is 10.1. The summed E-state index contributed by atoms with van der Waals surface area (Å²) in [6.45, 7) is 6.44. The molecule has 4 nitrogen and oxygen atoms in total. The number of rotatable bonds is 4. The quantitative estimate of drug-likeness (QED) is 0.865. The van der Waals surface area contributed by atoms with Gasteiger partial charge in [-0.3, -0.25) is 4.68 Å². The molecule has 0 radical (unpaired) electrons. The Kier molecular flexibility index (Phi) is 3.74. The maximum absolute atomic E-state index is 11.0. The molecule has 0 amide bonds. The van der Waals surface area contributed by atoms with E-state index in [0.717, 1.165) is 0 Å². The maximum atomic E-state index is 11.0. The van der Waals surface area contributed by atoms with E-state index in [1.54, 1.807) is 0 Å². The molecule has 15 heavy (non-hydrogen) atoms. The normalized spacial score (nSPS) is 11.0. The van der Waals surface area contributed by atoms with Crippen molar-refractivity contribution in [3.8, 4) is 0 Å². The smallest absolute Gasteiger partial charge is 0.355 e. The van der Waals surface area contributed by atoms with Gasteiger partial charge in [-0.15, -0.1) is 0 Å². The molecule has 0 bridgehead atoms. The van der Waals surface area contributed by atoms with E-state index in [9.17, 15) is 4.79 Å². The topological polar surface area (TPSA) is 55.1 Å². The predicted octanol–water partition coefficient (Wildman–Crippen LogP) is 2.45.